The summed E-state index contributed by atoms with van der Waals surface area (Å²) in [7, 11) is -2.72. The second-order valence-corrected chi connectivity index (χ2v) is 7.69. The molecule has 2 rings (SSSR count). The van der Waals surface area contributed by atoms with Crippen molar-refractivity contribution in [1.82, 2.24) is 20.3 Å². The third kappa shape index (κ3) is 6.09. The van der Waals surface area contributed by atoms with Crippen molar-refractivity contribution in [3.8, 4) is 0 Å². The average molecular weight is 434 g/mol. The molecule has 160 valence electrons. The number of ether oxygens (including phenoxy) is 1. The number of carbonyl (C=O) groups is 3. The van der Waals surface area contributed by atoms with Gasteiger partial charge < -0.3 is 15.4 Å². The first-order valence-corrected chi connectivity index (χ1v) is 10.5. The van der Waals surface area contributed by atoms with Gasteiger partial charge in [0.2, 0.25) is 0 Å². The second kappa shape index (κ2) is 10.5. The van der Waals surface area contributed by atoms with Crippen LogP contribution in [-0.2, 0) is 14.8 Å². The Hall–Kier alpha value is -3.31. The highest BCUT2D eigenvalue weighted by atomic mass is 32.2. The number of rotatable bonds is 9. The lowest BCUT2D eigenvalue weighted by Gasteiger charge is -2.09. The van der Waals surface area contributed by atoms with Crippen LogP contribution in [0.2, 0.25) is 0 Å². The quantitative estimate of drug-likeness (QED) is 0.482. The molecule has 0 fully saturated rings. The second-order valence-electron chi connectivity index (χ2n) is 6.00. The minimum absolute atomic E-state index is 0.0492. The van der Waals surface area contributed by atoms with Crippen LogP contribution in [0.3, 0.4) is 0 Å². The first-order valence-electron chi connectivity index (χ1n) is 8.97. The summed E-state index contributed by atoms with van der Waals surface area (Å²) in [6.07, 6.45) is 1.10. The zero-order chi connectivity index (χ0) is 22.1. The van der Waals surface area contributed by atoms with Crippen molar-refractivity contribution in [3.63, 3.8) is 0 Å². The van der Waals surface area contributed by atoms with Crippen molar-refractivity contribution in [1.29, 1.82) is 0 Å². The topological polar surface area (TPSA) is 144 Å². The molecule has 0 unspecified atom stereocenters. The molecule has 0 aliphatic carbocycles. The highest BCUT2D eigenvalue weighted by molar-refractivity contribution is 7.90. The molecule has 0 bridgehead atoms. The zero-order valence-electron chi connectivity index (χ0n) is 16.5. The molecule has 3 N–H and O–H groups in total. The van der Waals surface area contributed by atoms with Gasteiger partial charge >= 0.3 is 0 Å². The summed E-state index contributed by atoms with van der Waals surface area (Å²) in [5.74, 6) is -1.80. The summed E-state index contributed by atoms with van der Waals surface area (Å²) in [5, 5.41) is 5.14. The minimum Gasteiger partial charge on any atom is -0.383 e. The van der Waals surface area contributed by atoms with Gasteiger partial charge in [-0.05, 0) is 37.3 Å². The summed E-state index contributed by atoms with van der Waals surface area (Å²) in [5.41, 5.74) is 0.171. The van der Waals surface area contributed by atoms with Crippen molar-refractivity contribution in [2.75, 3.05) is 26.8 Å². The third-order valence-electron chi connectivity index (χ3n) is 3.82. The number of nitrogens with zero attached hydrogens (tertiary/aromatic N) is 1. The van der Waals surface area contributed by atoms with E-state index < -0.39 is 27.7 Å². The van der Waals surface area contributed by atoms with E-state index in [1.165, 1.54) is 43.5 Å². The van der Waals surface area contributed by atoms with E-state index in [1.54, 1.807) is 6.92 Å². The van der Waals surface area contributed by atoms with E-state index >= 15 is 0 Å². The minimum atomic E-state index is -4.22. The number of sulfonamides is 1. The maximum atomic E-state index is 12.5. The van der Waals surface area contributed by atoms with Crippen LogP contribution in [-0.4, -0.2) is 57.9 Å². The number of pyridine rings is 1. The number of nitrogens with one attached hydrogen (secondary N) is 3. The average Bonchev–Trinajstić information content (AvgIpc) is 2.74. The molecule has 11 heteroatoms. The van der Waals surface area contributed by atoms with Crippen LogP contribution in [0.4, 0.5) is 0 Å². The number of benzene rings is 1. The van der Waals surface area contributed by atoms with Gasteiger partial charge in [-0.15, -0.1) is 0 Å². The van der Waals surface area contributed by atoms with Crippen LogP contribution < -0.4 is 15.4 Å². The summed E-state index contributed by atoms with van der Waals surface area (Å²) in [6.45, 7) is 2.76. The molecule has 1 heterocycles. The van der Waals surface area contributed by atoms with Gasteiger partial charge in [0.1, 0.15) is 5.69 Å². The fourth-order valence-corrected chi connectivity index (χ4v) is 3.35. The molecule has 0 saturated carbocycles. The van der Waals surface area contributed by atoms with E-state index in [1.807, 2.05) is 4.72 Å². The van der Waals surface area contributed by atoms with Gasteiger partial charge in [-0.25, -0.2) is 13.1 Å². The van der Waals surface area contributed by atoms with Crippen molar-refractivity contribution in [2.45, 2.75) is 11.8 Å². The lowest BCUT2D eigenvalue weighted by molar-refractivity contribution is 0.0927. The third-order valence-corrected chi connectivity index (χ3v) is 5.15. The van der Waals surface area contributed by atoms with E-state index in [-0.39, 0.29) is 21.7 Å². The molecule has 1 aromatic carbocycles. The fraction of sp³-hybridized carbons (Fsp3) is 0.263. The first-order chi connectivity index (χ1) is 14.3. The molecule has 10 nitrogen and oxygen atoms in total. The van der Waals surface area contributed by atoms with Crippen LogP contribution in [0, 0.1) is 0 Å². The Balaban J connectivity index is 2.10. The normalized spacial score (nSPS) is 10.9. The SMILES string of the molecule is CCNC(=O)c1cccc(S(=O)(=O)NC(=O)c2ccc(C(=O)NCCOC)nc2)c1. The van der Waals surface area contributed by atoms with E-state index in [4.69, 9.17) is 4.74 Å². The van der Waals surface area contributed by atoms with Crippen LogP contribution >= 0.6 is 0 Å². The van der Waals surface area contributed by atoms with E-state index in [0.29, 0.717) is 19.7 Å². The summed E-state index contributed by atoms with van der Waals surface area (Å²) < 4.78 is 31.8. The standard InChI is InChI=1S/C19H22N4O6S/c1-3-20-17(24)13-5-4-6-15(11-13)30(27,28)23-18(25)14-7-8-16(22-12-14)19(26)21-9-10-29-2/h4-8,11-12H,3,9-10H2,1-2H3,(H,20,24)(H,21,26)(H,23,25). The van der Waals surface area contributed by atoms with E-state index in [2.05, 4.69) is 15.6 Å². The highest BCUT2D eigenvalue weighted by Crippen LogP contribution is 2.12. The van der Waals surface area contributed by atoms with Gasteiger partial charge in [0.05, 0.1) is 17.1 Å². The Morgan fingerprint density at radius 2 is 1.77 bits per heavy atom. The Kier molecular flexibility index (Phi) is 8.01. The maximum absolute atomic E-state index is 12.5. The molecular weight excluding hydrogens is 412 g/mol. The number of methoxy groups -OCH3 is 1. The van der Waals surface area contributed by atoms with Crippen molar-refractivity contribution >= 4 is 27.7 Å². The first kappa shape index (κ1) is 23.0. The molecule has 3 amide bonds. The van der Waals surface area contributed by atoms with Gasteiger partial charge in [0.15, 0.2) is 0 Å². The number of aromatic nitrogens is 1. The van der Waals surface area contributed by atoms with Gasteiger partial charge in [0.25, 0.3) is 27.7 Å². The molecule has 2 aromatic rings. The monoisotopic (exact) mass is 434 g/mol. The van der Waals surface area contributed by atoms with Crippen LogP contribution in [0.1, 0.15) is 38.1 Å². The van der Waals surface area contributed by atoms with Gasteiger partial charge in [0, 0.05) is 32.0 Å². The molecule has 0 spiro atoms. The predicted octanol–water partition coefficient (Wildman–Crippen LogP) is 0.326. The van der Waals surface area contributed by atoms with Crippen LogP contribution in [0.15, 0.2) is 47.5 Å². The molecule has 0 atom stereocenters. The van der Waals surface area contributed by atoms with Crippen molar-refractivity contribution < 1.29 is 27.5 Å². The largest absolute Gasteiger partial charge is 0.383 e. The number of amides is 3. The Morgan fingerprint density at radius 1 is 1.00 bits per heavy atom. The summed E-state index contributed by atoms with van der Waals surface area (Å²) in [6, 6.07) is 7.90. The lowest BCUT2D eigenvalue weighted by atomic mass is 10.2. The predicted molar refractivity (Wildman–Crippen MR) is 108 cm³/mol. The van der Waals surface area contributed by atoms with E-state index in [0.717, 1.165) is 6.20 Å². The lowest BCUT2D eigenvalue weighted by Crippen LogP contribution is -2.31. The molecule has 0 aliphatic heterocycles. The number of hydrogen-bond acceptors (Lipinski definition) is 7. The van der Waals surface area contributed by atoms with Gasteiger partial charge in [-0.2, -0.15) is 0 Å². The van der Waals surface area contributed by atoms with Gasteiger partial charge in [-0.3, -0.25) is 19.4 Å². The Morgan fingerprint density at radius 3 is 2.40 bits per heavy atom. The summed E-state index contributed by atoms with van der Waals surface area (Å²) in [4.78, 5) is 39.7. The van der Waals surface area contributed by atoms with E-state index in [9.17, 15) is 22.8 Å². The smallest absolute Gasteiger partial charge is 0.269 e. The van der Waals surface area contributed by atoms with Crippen LogP contribution in [0.5, 0.6) is 0 Å². The molecule has 30 heavy (non-hydrogen) atoms. The number of hydrogen-bond donors (Lipinski definition) is 3. The molecule has 1 aromatic heterocycles. The van der Waals surface area contributed by atoms with Gasteiger partial charge in [-0.1, -0.05) is 6.07 Å². The Labute approximate surface area is 174 Å². The van der Waals surface area contributed by atoms with Crippen molar-refractivity contribution in [3.05, 3.63) is 59.4 Å². The highest BCUT2D eigenvalue weighted by Gasteiger charge is 2.20. The molecular formula is C19H22N4O6S. The zero-order valence-corrected chi connectivity index (χ0v) is 17.3. The molecule has 0 radical (unpaired) electrons. The molecule has 0 aliphatic rings. The Bertz CT molecular complexity index is 1020. The maximum Gasteiger partial charge on any atom is 0.269 e. The van der Waals surface area contributed by atoms with Crippen molar-refractivity contribution in [2.24, 2.45) is 0 Å². The van der Waals surface area contributed by atoms with Crippen LogP contribution in [0.25, 0.3) is 0 Å². The fourth-order valence-electron chi connectivity index (χ4n) is 2.33. The summed E-state index contributed by atoms with van der Waals surface area (Å²) >= 11 is 0. The molecule has 0 saturated heterocycles. The number of carbonyl (C=O) groups excluding carboxylic acids is 3.